The minimum Gasteiger partial charge on any atom is -0.489 e. The molecule has 1 N–H and O–H groups in total. The van der Waals surface area contributed by atoms with E-state index in [1.165, 1.54) is 11.1 Å². The average Bonchev–Trinajstić information content (AvgIpc) is 3.61. The zero-order chi connectivity index (χ0) is 25.7. The molecule has 1 aromatic heterocycles. The second-order valence-electron chi connectivity index (χ2n) is 10.2. The molecule has 0 radical (unpaired) electrons. The van der Waals surface area contributed by atoms with Crippen molar-refractivity contribution in [1.82, 2.24) is 5.16 Å². The van der Waals surface area contributed by atoms with Crippen molar-refractivity contribution in [3.05, 3.63) is 104 Å². The van der Waals surface area contributed by atoms with Gasteiger partial charge >= 0.3 is 0 Å². The van der Waals surface area contributed by atoms with Crippen molar-refractivity contribution in [2.45, 2.75) is 56.7 Å². The van der Waals surface area contributed by atoms with Crippen molar-refractivity contribution in [2.75, 3.05) is 0 Å². The van der Waals surface area contributed by atoms with Crippen LogP contribution >= 0.6 is 34.8 Å². The monoisotopic (exact) mass is 553 g/mol. The summed E-state index contributed by atoms with van der Waals surface area (Å²) in [6.45, 7) is 2.32. The van der Waals surface area contributed by atoms with Gasteiger partial charge in [-0.15, -0.1) is 0 Å². The number of hydrogen-bond acceptors (Lipinski definition) is 4. The third-order valence-corrected chi connectivity index (χ3v) is 8.42. The van der Waals surface area contributed by atoms with Crippen LogP contribution in [0.15, 0.2) is 65.2 Å². The zero-order valence-electron chi connectivity index (χ0n) is 20.3. The summed E-state index contributed by atoms with van der Waals surface area (Å²) < 4.78 is 11.9. The molecule has 6 rings (SSSR count). The van der Waals surface area contributed by atoms with Gasteiger partial charge in [-0.2, -0.15) is 0 Å². The largest absolute Gasteiger partial charge is 0.489 e. The van der Waals surface area contributed by atoms with Crippen molar-refractivity contribution in [1.29, 1.82) is 0 Å². The Kier molecular flexibility index (Phi) is 6.48. The molecule has 0 saturated heterocycles. The fourth-order valence-corrected chi connectivity index (χ4v) is 6.22. The van der Waals surface area contributed by atoms with Crippen LogP contribution in [0.3, 0.4) is 0 Å². The number of halogens is 3. The van der Waals surface area contributed by atoms with E-state index in [0.717, 1.165) is 29.7 Å². The molecule has 7 heteroatoms. The maximum atomic E-state index is 11.3. The number of nitrogens with zero attached hydrogens (tertiary/aromatic N) is 1. The van der Waals surface area contributed by atoms with Gasteiger partial charge in [-0.3, -0.25) is 0 Å². The first-order valence-corrected chi connectivity index (χ1v) is 13.6. The van der Waals surface area contributed by atoms with Gasteiger partial charge in [0.15, 0.2) is 0 Å². The Morgan fingerprint density at radius 1 is 0.946 bits per heavy atom. The molecule has 0 unspecified atom stereocenters. The topological polar surface area (TPSA) is 55.5 Å². The number of aryl methyl sites for hydroxylation is 1. The molecule has 0 spiro atoms. The van der Waals surface area contributed by atoms with Crippen LogP contribution < -0.4 is 4.74 Å². The lowest BCUT2D eigenvalue weighted by Gasteiger charge is -2.45. The zero-order valence-corrected chi connectivity index (χ0v) is 22.6. The fraction of sp³-hybridized carbons (Fsp3) is 0.300. The molecule has 2 aliphatic carbocycles. The summed E-state index contributed by atoms with van der Waals surface area (Å²) in [4.78, 5) is 0. The van der Waals surface area contributed by atoms with Crippen molar-refractivity contribution in [3.8, 4) is 17.0 Å². The lowest BCUT2D eigenvalue weighted by atomic mass is 9.65. The Bertz CT molecular complexity index is 1450. The van der Waals surface area contributed by atoms with Crippen molar-refractivity contribution >= 4 is 34.8 Å². The first-order chi connectivity index (χ1) is 17.8. The molecule has 0 atom stereocenters. The second-order valence-corrected chi connectivity index (χ2v) is 11.4. The van der Waals surface area contributed by atoms with E-state index in [1.54, 1.807) is 24.3 Å². The van der Waals surface area contributed by atoms with Crippen LogP contribution in [0.5, 0.6) is 5.75 Å². The molecule has 2 saturated carbocycles. The second kappa shape index (κ2) is 9.67. The Morgan fingerprint density at radius 2 is 1.68 bits per heavy atom. The summed E-state index contributed by atoms with van der Waals surface area (Å²) in [5.41, 5.74) is 4.37. The minimum atomic E-state index is -0.939. The SMILES string of the molecule is Cc1cccc(C2CC(O)(c3ccc(OCc4c(-c5c(Cl)cccc5Cl)noc4C4CC4)cc3Cl)C2)c1. The Labute approximate surface area is 231 Å². The van der Waals surface area contributed by atoms with Gasteiger partial charge in [0.05, 0.1) is 26.2 Å². The van der Waals surface area contributed by atoms with Crippen LogP contribution in [0, 0.1) is 6.92 Å². The molecule has 0 bridgehead atoms. The van der Waals surface area contributed by atoms with E-state index in [1.807, 2.05) is 12.1 Å². The number of rotatable bonds is 7. The van der Waals surface area contributed by atoms with Gasteiger partial charge in [-0.05, 0) is 68.4 Å². The molecule has 2 aliphatic rings. The van der Waals surface area contributed by atoms with E-state index >= 15 is 0 Å². The molecule has 2 fully saturated rings. The summed E-state index contributed by atoms with van der Waals surface area (Å²) in [6, 6.07) is 19.3. The first kappa shape index (κ1) is 24.8. The molecule has 4 aromatic rings. The predicted octanol–water partition coefficient (Wildman–Crippen LogP) is 8.83. The predicted molar refractivity (Wildman–Crippen MR) is 147 cm³/mol. The van der Waals surface area contributed by atoms with Gasteiger partial charge < -0.3 is 14.4 Å². The molecule has 0 amide bonds. The molecular weight excluding hydrogens is 529 g/mol. The highest BCUT2D eigenvalue weighted by molar-refractivity contribution is 6.39. The van der Waals surface area contributed by atoms with Crippen molar-refractivity contribution in [2.24, 2.45) is 0 Å². The van der Waals surface area contributed by atoms with Gasteiger partial charge in [-0.1, -0.05) is 81.9 Å². The number of ether oxygens (including phenoxy) is 1. The molecule has 0 aliphatic heterocycles. The van der Waals surface area contributed by atoms with Gasteiger partial charge in [0.1, 0.15) is 23.8 Å². The number of aliphatic hydroxyl groups is 1. The molecule has 37 heavy (non-hydrogen) atoms. The first-order valence-electron chi connectivity index (χ1n) is 12.5. The van der Waals surface area contributed by atoms with E-state index in [0.29, 0.717) is 56.8 Å². The minimum absolute atomic E-state index is 0.238. The molecule has 190 valence electrons. The lowest BCUT2D eigenvalue weighted by Crippen LogP contribution is -2.40. The average molecular weight is 555 g/mol. The molecule has 1 heterocycles. The van der Waals surface area contributed by atoms with E-state index in [2.05, 4.69) is 36.3 Å². The third-order valence-electron chi connectivity index (χ3n) is 7.47. The normalized spacial score (nSPS) is 21.1. The van der Waals surface area contributed by atoms with Crippen LogP contribution in [0.4, 0.5) is 0 Å². The number of hydrogen-bond donors (Lipinski definition) is 1. The summed E-state index contributed by atoms with van der Waals surface area (Å²) in [5, 5.41) is 17.1. The van der Waals surface area contributed by atoms with Crippen molar-refractivity contribution < 1.29 is 14.4 Å². The van der Waals surface area contributed by atoms with Gasteiger partial charge in [0, 0.05) is 17.0 Å². The van der Waals surface area contributed by atoms with Gasteiger partial charge in [0.2, 0.25) is 0 Å². The Hall–Kier alpha value is -2.50. The van der Waals surface area contributed by atoms with Crippen LogP contribution in [-0.4, -0.2) is 10.3 Å². The molecular formula is C30H26Cl3NO3. The summed E-state index contributed by atoms with van der Waals surface area (Å²) >= 11 is 19.6. The smallest absolute Gasteiger partial charge is 0.147 e. The van der Waals surface area contributed by atoms with Gasteiger partial charge in [-0.25, -0.2) is 0 Å². The van der Waals surface area contributed by atoms with Crippen LogP contribution in [0.25, 0.3) is 11.3 Å². The standard InChI is InChI=1S/C30H26Cl3NO3/c1-17-4-2-5-19(12-17)20-14-30(35,15-20)23-11-10-21(13-26(23)33)36-16-22-28(34-37-29(22)18-8-9-18)27-24(31)6-3-7-25(27)32/h2-7,10-13,18,20,35H,8-9,14-16H2,1H3. The van der Waals surface area contributed by atoms with Crippen LogP contribution in [0.1, 0.15) is 65.5 Å². The maximum Gasteiger partial charge on any atom is 0.147 e. The van der Waals surface area contributed by atoms with E-state index in [9.17, 15) is 5.11 Å². The Balaban J connectivity index is 1.20. The van der Waals surface area contributed by atoms with Crippen LogP contribution in [0.2, 0.25) is 15.1 Å². The van der Waals surface area contributed by atoms with Crippen molar-refractivity contribution in [3.63, 3.8) is 0 Å². The fourth-order valence-electron chi connectivity index (χ4n) is 5.30. The van der Waals surface area contributed by atoms with Gasteiger partial charge in [0.25, 0.3) is 0 Å². The quantitative estimate of drug-likeness (QED) is 0.248. The molecule has 3 aromatic carbocycles. The number of benzene rings is 3. The van der Waals surface area contributed by atoms with Crippen LogP contribution in [-0.2, 0) is 12.2 Å². The number of aromatic nitrogens is 1. The van der Waals surface area contributed by atoms with E-state index in [-0.39, 0.29) is 6.61 Å². The molecule has 4 nitrogen and oxygen atoms in total. The highest BCUT2D eigenvalue weighted by Gasteiger charge is 2.45. The summed E-state index contributed by atoms with van der Waals surface area (Å²) in [7, 11) is 0. The Morgan fingerprint density at radius 3 is 2.35 bits per heavy atom. The van der Waals surface area contributed by atoms with E-state index in [4.69, 9.17) is 44.1 Å². The van der Waals surface area contributed by atoms with E-state index < -0.39 is 5.60 Å². The maximum absolute atomic E-state index is 11.3. The summed E-state index contributed by atoms with van der Waals surface area (Å²) in [5.74, 6) is 2.08. The lowest BCUT2D eigenvalue weighted by molar-refractivity contribution is -0.0549. The highest BCUT2D eigenvalue weighted by Crippen LogP contribution is 2.53. The highest BCUT2D eigenvalue weighted by atomic mass is 35.5. The third kappa shape index (κ3) is 4.77. The summed E-state index contributed by atoms with van der Waals surface area (Å²) in [6.07, 6.45) is 3.40.